The van der Waals surface area contributed by atoms with Gasteiger partial charge in [0, 0.05) is 5.69 Å². The number of hydrogen-bond donors (Lipinski definition) is 1. The summed E-state index contributed by atoms with van der Waals surface area (Å²) in [6, 6.07) is 4.77. The number of likely N-dealkylation sites (N-methyl/N-ethyl adjacent to an activating group) is 1. The van der Waals surface area contributed by atoms with Gasteiger partial charge in [-0.1, -0.05) is 11.6 Å². The Bertz CT molecular complexity index is 499. The predicted octanol–water partition coefficient (Wildman–Crippen LogP) is 3.44. The fraction of sp³-hybridized carbons (Fsp3) is 0.533. The Balaban J connectivity index is 1.96. The van der Waals surface area contributed by atoms with Crippen LogP contribution in [0.2, 0.25) is 5.02 Å². The molecule has 0 bridgehead atoms. The van der Waals surface area contributed by atoms with E-state index in [-0.39, 0.29) is 10.9 Å². The lowest BCUT2D eigenvalue weighted by Gasteiger charge is -2.35. The second kappa shape index (κ2) is 6.10. The van der Waals surface area contributed by atoms with E-state index in [0.717, 1.165) is 0 Å². The van der Waals surface area contributed by atoms with Crippen molar-refractivity contribution in [3.05, 3.63) is 29.0 Å². The van der Waals surface area contributed by atoms with Gasteiger partial charge in [0.25, 0.3) is 5.91 Å². The van der Waals surface area contributed by atoms with Crippen molar-refractivity contribution in [2.45, 2.75) is 31.7 Å². The number of benzene rings is 1. The molecule has 0 unspecified atom stereocenters. The summed E-state index contributed by atoms with van der Waals surface area (Å²) >= 11 is 5.70. The summed E-state index contributed by atoms with van der Waals surface area (Å²) in [4.78, 5) is 12.1. The molecule has 0 heterocycles. The van der Waals surface area contributed by atoms with Crippen LogP contribution in [-0.2, 0) is 4.79 Å². The first-order valence-electron chi connectivity index (χ1n) is 6.96. The van der Waals surface area contributed by atoms with Gasteiger partial charge >= 0.3 is 0 Å². The molecule has 3 nitrogen and oxygen atoms in total. The van der Waals surface area contributed by atoms with Gasteiger partial charge in [-0.25, -0.2) is 4.39 Å². The first-order chi connectivity index (χ1) is 9.38. The molecule has 0 saturated heterocycles. The average molecular weight is 300 g/mol. The second-order valence-electron chi connectivity index (χ2n) is 6.05. The smallest absolute Gasteiger partial charge is 0.279 e. The largest absolute Gasteiger partial charge is 0.321 e. The van der Waals surface area contributed by atoms with Gasteiger partial charge in [-0.3, -0.25) is 4.79 Å². The minimum atomic E-state index is -0.480. The summed E-state index contributed by atoms with van der Waals surface area (Å²) in [6.45, 7) is 0.416. The number of hydrogen-bond acceptors (Lipinski definition) is 1. The zero-order chi connectivity index (χ0) is 14.8. The fourth-order valence-electron chi connectivity index (χ4n) is 2.88. The van der Waals surface area contributed by atoms with Gasteiger partial charge in [0.1, 0.15) is 5.82 Å². The summed E-state index contributed by atoms with van der Waals surface area (Å²) in [6.07, 6.45) is 4.87. The number of quaternary nitrogens is 1. The molecule has 0 atom stereocenters. The molecule has 1 amide bonds. The average Bonchev–Trinajstić information content (AvgIpc) is 2.87. The Hall–Kier alpha value is -1.13. The van der Waals surface area contributed by atoms with Gasteiger partial charge in [-0.05, 0) is 43.9 Å². The first-order valence-corrected chi connectivity index (χ1v) is 7.34. The third kappa shape index (κ3) is 3.70. The quantitative estimate of drug-likeness (QED) is 0.848. The highest BCUT2D eigenvalue weighted by Gasteiger charge is 2.32. The topological polar surface area (TPSA) is 29.1 Å². The van der Waals surface area contributed by atoms with Gasteiger partial charge in [0.15, 0.2) is 6.54 Å². The molecule has 110 valence electrons. The predicted molar refractivity (Wildman–Crippen MR) is 79.3 cm³/mol. The lowest BCUT2D eigenvalue weighted by molar-refractivity contribution is -0.906. The number of anilines is 1. The third-order valence-electron chi connectivity index (χ3n) is 4.07. The Morgan fingerprint density at radius 3 is 2.65 bits per heavy atom. The molecular weight excluding hydrogens is 279 g/mol. The molecule has 0 radical (unpaired) electrons. The van der Waals surface area contributed by atoms with Gasteiger partial charge in [0.05, 0.1) is 25.2 Å². The van der Waals surface area contributed by atoms with E-state index in [4.69, 9.17) is 11.6 Å². The number of carbonyl (C=O) groups is 1. The number of nitrogens with zero attached hydrogens (tertiary/aromatic N) is 1. The summed E-state index contributed by atoms with van der Waals surface area (Å²) < 4.78 is 13.8. The molecule has 20 heavy (non-hydrogen) atoms. The maximum atomic E-state index is 13.1. The van der Waals surface area contributed by atoms with E-state index in [1.807, 2.05) is 0 Å². The standard InChI is InChI=1S/C15H20ClFN2O/c1-19(2,12-5-3-4-6-12)10-15(20)18-11-7-8-14(17)13(16)9-11/h7-9,12H,3-6,10H2,1-2H3/p+1. The number of carbonyl (C=O) groups excluding carboxylic acids is 1. The van der Waals surface area contributed by atoms with Crippen LogP contribution in [0.25, 0.3) is 0 Å². The zero-order valence-corrected chi connectivity index (χ0v) is 12.7. The van der Waals surface area contributed by atoms with E-state index in [0.29, 0.717) is 22.8 Å². The zero-order valence-electron chi connectivity index (χ0n) is 12.0. The van der Waals surface area contributed by atoms with Gasteiger partial charge in [-0.2, -0.15) is 0 Å². The Morgan fingerprint density at radius 1 is 1.40 bits per heavy atom. The second-order valence-corrected chi connectivity index (χ2v) is 6.46. The Morgan fingerprint density at radius 2 is 2.05 bits per heavy atom. The van der Waals surface area contributed by atoms with Crippen LogP contribution in [0.4, 0.5) is 10.1 Å². The summed E-state index contributed by atoms with van der Waals surface area (Å²) in [5.41, 5.74) is 0.535. The van der Waals surface area contributed by atoms with Crippen LogP contribution in [0.15, 0.2) is 18.2 Å². The molecule has 5 heteroatoms. The molecular formula is C15H21ClFN2O+. The molecule has 2 rings (SSSR count). The van der Waals surface area contributed by atoms with Crippen molar-refractivity contribution >= 4 is 23.2 Å². The van der Waals surface area contributed by atoms with Crippen molar-refractivity contribution < 1.29 is 13.7 Å². The number of halogens is 2. The molecule has 1 aliphatic carbocycles. The molecule has 0 aliphatic heterocycles. The van der Waals surface area contributed by atoms with Crippen molar-refractivity contribution in [1.29, 1.82) is 0 Å². The van der Waals surface area contributed by atoms with Crippen LogP contribution in [0, 0.1) is 5.82 Å². The van der Waals surface area contributed by atoms with E-state index < -0.39 is 5.82 Å². The summed E-state index contributed by atoms with van der Waals surface area (Å²) in [5, 5.41) is 2.80. The lowest BCUT2D eigenvalue weighted by atomic mass is 10.2. The molecule has 0 aromatic heterocycles. The number of rotatable bonds is 4. The molecule has 1 aliphatic rings. The fourth-order valence-corrected chi connectivity index (χ4v) is 3.06. The van der Waals surface area contributed by atoms with Crippen LogP contribution in [0.3, 0.4) is 0 Å². The highest BCUT2D eigenvalue weighted by atomic mass is 35.5. The third-order valence-corrected chi connectivity index (χ3v) is 4.36. The van der Waals surface area contributed by atoms with Crippen molar-refractivity contribution in [2.75, 3.05) is 26.0 Å². The monoisotopic (exact) mass is 299 g/mol. The van der Waals surface area contributed by atoms with E-state index in [1.54, 1.807) is 0 Å². The van der Waals surface area contributed by atoms with Gasteiger partial charge in [-0.15, -0.1) is 0 Å². The van der Waals surface area contributed by atoms with Crippen LogP contribution < -0.4 is 5.32 Å². The van der Waals surface area contributed by atoms with Crippen LogP contribution in [0.5, 0.6) is 0 Å². The first kappa shape index (κ1) is 15.3. The maximum Gasteiger partial charge on any atom is 0.279 e. The molecule has 1 saturated carbocycles. The number of nitrogens with one attached hydrogen (secondary N) is 1. The minimum Gasteiger partial charge on any atom is -0.321 e. The van der Waals surface area contributed by atoms with E-state index in [1.165, 1.54) is 43.9 Å². The Labute approximate surface area is 124 Å². The van der Waals surface area contributed by atoms with Crippen molar-refractivity contribution in [2.24, 2.45) is 0 Å². The summed E-state index contributed by atoms with van der Waals surface area (Å²) in [5.74, 6) is -0.545. The molecule has 1 aromatic carbocycles. The van der Waals surface area contributed by atoms with E-state index >= 15 is 0 Å². The van der Waals surface area contributed by atoms with Crippen LogP contribution in [0.1, 0.15) is 25.7 Å². The van der Waals surface area contributed by atoms with Crippen LogP contribution >= 0.6 is 11.6 Å². The summed E-state index contributed by atoms with van der Waals surface area (Å²) in [7, 11) is 4.18. The van der Waals surface area contributed by atoms with Crippen molar-refractivity contribution in [1.82, 2.24) is 0 Å². The van der Waals surface area contributed by atoms with Crippen molar-refractivity contribution in [3.8, 4) is 0 Å². The molecule has 0 spiro atoms. The molecule has 1 fully saturated rings. The SMILES string of the molecule is C[N+](C)(CC(=O)Nc1ccc(F)c(Cl)c1)C1CCCC1. The number of amides is 1. The minimum absolute atomic E-state index is 0.0207. The van der Waals surface area contributed by atoms with Crippen molar-refractivity contribution in [3.63, 3.8) is 0 Å². The van der Waals surface area contributed by atoms with Gasteiger partial charge < -0.3 is 9.80 Å². The molecule has 1 N–H and O–H groups in total. The van der Waals surface area contributed by atoms with E-state index in [9.17, 15) is 9.18 Å². The van der Waals surface area contributed by atoms with E-state index in [2.05, 4.69) is 19.4 Å². The van der Waals surface area contributed by atoms with Crippen LogP contribution in [-0.4, -0.2) is 37.1 Å². The maximum absolute atomic E-state index is 13.1. The Kier molecular flexibility index (Phi) is 4.66. The highest BCUT2D eigenvalue weighted by molar-refractivity contribution is 6.31. The normalized spacial score (nSPS) is 16.4. The molecule has 1 aromatic rings. The highest BCUT2D eigenvalue weighted by Crippen LogP contribution is 2.26. The lowest BCUT2D eigenvalue weighted by Crippen LogP contribution is -2.51. The van der Waals surface area contributed by atoms with Gasteiger partial charge in [0.2, 0.25) is 0 Å².